The Hall–Kier alpha value is -1.24. The number of nitrogens with one attached hydrogen (secondary N) is 1. The summed E-state index contributed by atoms with van der Waals surface area (Å²) >= 11 is 0. The molecule has 0 saturated heterocycles. The first-order chi connectivity index (χ1) is 6.50. The van der Waals surface area contributed by atoms with E-state index in [9.17, 15) is 0 Å². The van der Waals surface area contributed by atoms with Gasteiger partial charge in [-0.05, 0) is 31.4 Å². The van der Waals surface area contributed by atoms with Gasteiger partial charge in [-0.25, -0.2) is 0 Å². The van der Waals surface area contributed by atoms with Crippen molar-refractivity contribution >= 4 is 5.69 Å². The molecule has 0 spiro atoms. The third-order valence-electron chi connectivity index (χ3n) is 2.18. The van der Waals surface area contributed by atoms with Crippen molar-refractivity contribution in [3.05, 3.63) is 41.6 Å². The van der Waals surface area contributed by atoms with Gasteiger partial charge in [0.25, 0.3) is 0 Å². The molecule has 0 heterocycles. The fraction of sp³-hybridized carbons (Fsp3) is 0.385. The zero-order valence-corrected chi connectivity index (χ0v) is 9.52. The third kappa shape index (κ3) is 2.63. The predicted molar refractivity (Wildman–Crippen MR) is 63.7 cm³/mol. The van der Waals surface area contributed by atoms with Crippen LogP contribution in [0.3, 0.4) is 0 Å². The molecule has 14 heavy (non-hydrogen) atoms. The van der Waals surface area contributed by atoms with Crippen molar-refractivity contribution in [3.8, 4) is 0 Å². The summed E-state index contributed by atoms with van der Waals surface area (Å²) in [4.78, 5) is 0. The van der Waals surface area contributed by atoms with Gasteiger partial charge in [0.1, 0.15) is 0 Å². The fourth-order valence-corrected chi connectivity index (χ4v) is 1.50. The Bertz CT molecular complexity index is 337. The van der Waals surface area contributed by atoms with Gasteiger partial charge >= 0.3 is 0 Å². The molecule has 1 aromatic carbocycles. The summed E-state index contributed by atoms with van der Waals surface area (Å²) in [5.41, 5.74) is 4.82. The maximum atomic E-state index is 3.86. The molecule has 0 saturated carbocycles. The van der Waals surface area contributed by atoms with Crippen molar-refractivity contribution < 1.29 is 0 Å². The van der Waals surface area contributed by atoms with Gasteiger partial charge in [0.05, 0.1) is 0 Å². The summed E-state index contributed by atoms with van der Waals surface area (Å²) in [5.74, 6) is 0.539. The molecule has 1 N–H and O–H groups in total. The number of hydrogen-bond acceptors (Lipinski definition) is 1. The van der Waals surface area contributed by atoms with E-state index in [4.69, 9.17) is 0 Å². The second-order valence-electron chi connectivity index (χ2n) is 4.15. The van der Waals surface area contributed by atoms with Gasteiger partial charge < -0.3 is 5.32 Å². The summed E-state index contributed by atoms with van der Waals surface area (Å²) in [6.07, 6.45) is 0. The van der Waals surface area contributed by atoms with Gasteiger partial charge in [-0.2, -0.15) is 0 Å². The average molecular weight is 189 g/mol. The normalized spacial score (nSPS) is 10.4. The molecule has 0 aliphatic carbocycles. The summed E-state index contributed by atoms with van der Waals surface area (Å²) in [5, 5.41) is 3.29. The molecule has 0 atom stereocenters. The maximum Gasteiger partial charge on any atom is 0.0416 e. The molecule has 1 nitrogen and oxygen atoms in total. The smallest absolute Gasteiger partial charge is 0.0416 e. The number of anilines is 1. The van der Waals surface area contributed by atoms with E-state index in [1.54, 1.807) is 0 Å². The highest BCUT2D eigenvalue weighted by atomic mass is 14.9. The summed E-state index contributed by atoms with van der Waals surface area (Å²) in [7, 11) is 0. The Morgan fingerprint density at radius 2 is 2.00 bits per heavy atom. The van der Waals surface area contributed by atoms with Crippen LogP contribution in [-0.4, -0.2) is 0 Å². The molecular weight excluding hydrogens is 170 g/mol. The number of aryl methyl sites for hydroxylation is 1. The molecule has 1 heteroatoms. The highest BCUT2D eigenvalue weighted by Gasteiger charge is 2.06. The average Bonchev–Trinajstić information content (AvgIpc) is 2.07. The Morgan fingerprint density at radius 1 is 1.36 bits per heavy atom. The molecular formula is C13H19N. The number of allylic oxidation sites excluding steroid dienone is 1. The van der Waals surface area contributed by atoms with Crippen LogP contribution < -0.4 is 5.32 Å². The minimum absolute atomic E-state index is 0.539. The van der Waals surface area contributed by atoms with Crippen LogP contribution in [0, 0.1) is 6.92 Å². The van der Waals surface area contributed by atoms with E-state index >= 15 is 0 Å². The molecule has 0 radical (unpaired) electrons. The van der Waals surface area contributed by atoms with E-state index in [1.807, 2.05) is 6.92 Å². The summed E-state index contributed by atoms with van der Waals surface area (Å²) in [6, 6.07) is 6.48. The first kappa shape index (κ1) is 10.8. The van der Waals surface area contributed by atoms with Gasteiger partial charge in [-0.1, -0.05) is 38.1 Å². The summed E-state index contributed by atoms with van der Waals surface area (Å²) < 4.78 is 0. The van der Waals surface area contributed by atoms with Crippen LogP contribution in [0.2, 0.25) is 0 Å². The standard InChI is InChI=1S/C13H19N/c1-9(2)12-8-11(5)6-7-13(12)14-10(3)4/h6-9,14H,3H2,1-2,4-5H3. The van der Waals surface area contributed by atoms with Crippen LogP contribution in [0.4, 0.5) is 5.69 Å². The quantitative estimate of drug-likeness (QED) is 0.756. The lowest BCUT2D eigenvalue weighted by Crippen LogP contribution is -2.00. The van der Waals surface area contributed by atoms with Gasteiger partial charge in [0, 0.05) is 11.4 Å². The van der Waals surface area contributed by atoms with Gasteiger partial charge in [0.15, 0.2) is 0 Å². The van der Waals surface area contributed by atoms with Crippen LogP contribution in [0.5, 0.6) is 0 Å². The van der Waals surface area contributed by atoms with E-state index in [2.05, 4.69) is 50.9 Å². The molecule has 0 bridgehead atoms. The Kier molecular flexibility index (Phi) is 3.34. The molecule has 1 aromatic rings. The molecule has 0 aliphatic heterocycles. The molecule has 0 amide bonds. The van der Waals surface area contributed by atoms with E-state index in [0.29, 0.717) is 5.92 Å². The highest BCUT2D eigenvalue weighted by molar-refractivity contribution is 5.56. The Balaban J connectivity index is 3.08. The van der Waals surface area contributed by atoms with Gasteiger partial charge in [0.2, 0.25) is 0 Å². The minimum Gasteiger partial charge on any atom is -0.359 e. The van der Waals surface area contributed by atoms with Gasteiger partial charge in [-0.15, -0.1) is 0 Å². The largest absolute Gasteiger partial charge is 0.359 e. The highest BCUT2D eigenvalue weighted by Crippen LogP contribution is 2.26. The predicted octanol–water partition coefficient (Wildman–Crippen LogP) is 4.06. The first-order valence-electron chi connectivity index (χ1n) is 5.03. The van der Waals surface area contributed by atoms with E-state index < -0.39 is 0 Å². The fourth-order valence-electron chi connectivity index (χ4n) is 1.50. The Labute approximate surface area is 86.8 Å². The second-order valence-corrected chi connectivity index (χ2v) is 4.15. The second kappa shape index (κ2) is 4.32. The van der Waals surface area contributed by atoms with Crippen LogP contribution in [0.25, 0.3) is 0 Å². The summed E-state index contributed by atoms with van der Waals surface area (Å²) in [6.45, 7) is 12.4. The van der Waals surface area contributed by atoms with Crippen molar-refractivity contribution in [2.45, 2.75) is 33.6 Å². The SMILES string of the molecule is C=C(C)Nc1ccc(C)cc1C(C)C. The van der Waals surface area contributed by atoms with Crippen molar-refractivity contribution in [1.82, 2.24) is 0 Å². The lowest BCUT2D eigenvalue weighted by atomic mass is 9.99. The van der Waals surface area contributed by atoms with Crippen LogP contribution in [0.1, 0.15) is 37.8 Å². The molecule has 1 rings (SSSR count). The zero-order valence-electron chi connectivity index (χ0n) is 9.52. The van der Waals surface area contributed by atoms with Crippen molar-refractivity contribution in [2.24, 2.45) is 0 Å². The molecule has 0 unspecified atom stereocenters. The topological polar surface area (TPSA) is 12.0 Å². The van der Waals surface area contributed by atoms with Crippen molar-refractivity contribution in [2.75, 3.05) is 5.32 Å². The van der Waals surface area contributed by atoms with Crippen LogP contribution >= 0.6 is 0 Å². The first-order valence-corrected chi connectivity index (χ1v) is 5.03. The van der Waals surface area contributed by atoms with E-state index in [-0.39, 0.29) is 0 Å². The van der Waals surface area contributed by atoms with Crippen molar-refractivity contribution in [1.29, 1.82) is 0 Å². The monoisotopic (exact) mass is 189 g/mol. The minimum atomic E-state index is 0.539. The number of hydrogen-bond donors (Lipinski definition) is 1. The molecule has 0 fully saturated rings. The molecule has 0 aromatic heterocycles. The van der Waals surface area contributed by atoms with Crippen LogP contribution in [0.15, 0.2) is 30.5 Å². The zero-order chi connectivity index (χ0) is 10.7. The van der Waals surface area contributed by atoms with E-state index in [0.717, 1.165) is 5.70 Å². The third-order valence-corrected chi connectivity index (χ3v) is 2.18. The maximum absolute atomic E-state index is 3.86. The molecule has 76 valence electrons. The van der Waals surface area contributed by atoms with Crippen molar-refractivity contribution in [3.63, 3.8) is 0 Å². The lowest BCUT2D eigenvalue weighted by molar-refractivity contribution is 0.866. The lowest BCUT2D eigenvalue weighted by Gasteiger charge is -2.15. The number of benzene rings is 1. The molecule has 0 aliphatic rings. The van der Waals surface area contributed by atoms with Crippen LogP contribution in [-0.2, 0) is 0 Å². The Morgan fingerprint density at radius 3 is 2.50 bits per heavy atom. The number of rotatable bonds is 3. The van der Waals surface area contributed by atoms with E-state index in [1.165, 1.54) is 16.8 Å². The van der Waals surface area contributed by atoms with Gasteiger partial charge in [-0.3, -0.25) is 0 Å².